The summed E-state index contributed by atoms with van der Waals surface area (Å²) >= 11 is 0. The zero-order valence-corrected chi connectivity index (χ0v) is 15.3. The Hall–Kier alpha value is -1.64. The van der Waals surface area contributed by atoms with Crippen molar-refractivity contribution in [3.63, 3.8) is 0 Å². The fraction of sp³-hybridized carbons (Fsp3) is 0.765. The summed E-state index contributed by atoms with van der Waals surface area (Å²) < 4.78 is 16.8. The summed E-state index contributed by atoms with van der Waals surface area (Å²) in [5.74, 6) is 0.780. The van der Waals surface area contributed by atoms with Crippen LogP contribution in [0.1, 0.15) is 23.4 Å². The fourth-order valence-corrected chi connectivity index (χ4v) is 3.21. The highest BCUT2D eigenvalue weighted by Gasteiger charge is 2.30. The van der Waals surface area contributed by atoms with E-state index in [1.807, 2.05) is 18.7 Å². The number of piperazine rings is 1. The van der Waals surface area contributed by atoms with E-state index in [4.69, 9.17) is 14.0 Å². The third kappa shape index (κ3) is 4.50. The van der Waals surface area contributed by atoms with Crippen LogP contribution >= 0.6 is 0 Å². The van der Waals surface area contributed by atoms with Crippen LogP contribution in [0.2, 0.25) is 0 Å². The maximum atomic E-state index is 12.5. The molecule has 0 radical (unpaired) electrons. The Labute approximate surface area is 148 Å². The van der Waals surface area contributed by atoms with E-state index in [2.05, 4.69) is 22.4 Å². The smallest absolute Gasteiger partial charge is 0.317 e. The summed E-state index contributed by atoms with van der Waals surface area (Å²) in [5, 5.41) is 7.05. The average molecular weight is 352 g/mol. The molecule has 1 aromatic rings. The van der Waals surface area contributed by atoms with Crippen LogP contribution < -0.4 is 5.32 Å². The molecule has 3 heterocycles. The third-order valence-electron chi connectivity index (χ3n) is 5.02. The molecular weight excluding hydrogens is 324 g/mol. The van der Waals surface area contributed by atoms with Gasteiger partial charge < -0.3 is 29.1 Å². The van der Waals surface area contributed by atoms with Crippen LogP contribution in [0.3, 0.4) is 0 Å². The normalized spacial score (nSPS) is 25.2. The lowest BCUT2D eigenvalue weighted by atomic mass is 10.1. The van der Waals surface area contributed by atoms with Crippen LogP contribution in [0.25, 0.3) is 0 Å². The second-order valence-corrected chi connectivity index (χ2v) is 6.86. The molecule has 2 saturated heterocycles. The number of nitrogens with zero attached hydrogens (tertiary/aromatic N) is 3. The standard InChI is InChI=1S/C17H28N4O4/c1-12-14(13(2)25-19-12)10-24-16-4-9-23-11-15(16)18-17(22)21-7-5-20(3)6-8-21/h15-16H,4-11H2,1-3H3,(H,18,22)/t15-,16+/m1/s1. The van der Waals surface area contributed by atoms with Crippen molar-refractivity contribution < 1.29 is 18.8 Å². The molecule has 140 valence electrons. The van der Waals surface area contributed by atoms with Crippen molar-refractivity contribution in [3.8, 4) is 0 Å². The van der Waals surface area contributed by atoms with Gasteiger partial charge >= 0.3 is 6.03 Å². The van der Waals surface area contributed by atoms with Gasteiger partial charge in [-0.1, -0.05) is 5.16 Å². The van der Waals surface area contributed by atoms with Gasteiger partial charge in [-0.15, -0.1) is 0 Å². The van der Waals surface area contributed by atoms with Gasteiger partial charge in [0.15, 0.2) is 0 Å². The average Bonchev–Trinajstić information content (AvgIpc) is 2.93. The molecule has 2 aliphatic heterocycles. The highest BCUT2D eigenvalue weighted by Crippen LogP contribution is 2.18. The van der Waals surface area contributed by atoms with Crippen LogP contribution in [-0.2, 0) is 16.1 Å². The summed E-state index contributed by atoms with van der Waals surface area (Å²) in [7, 11) is 2.07. The van der Waals surface area contributed by atoms with Crippen molar-refractivity contribution in [3.05, 3.63) is 17.0 Å². The van der Waals surface area contributed by atoms with Gasteiger partial charge in [0.05, 0.1) is 31.1 Å². The van der Waals surface area contributed by atoms with E-state index in [1.165, 1.54) is 0 Å². The van der Waals surface area contributed by atoms with Crippen LogP contribution in [-0.4, -0.2) is 79.6 Å². The summed E-state index contributed by atoms with van der Waals surface area (Å²) in [6.07, 6.45) is 0.690. The summed E-state index contributed by atoms with van der Waals surface area (Å²) in [6, 6.07) is -0.170. The lowest BCUT2D eigenvalue weighted by Crippen LogP contribution is -2.57. The predicted octanol–water partition coefficient (Wildman–Crippen LogP) is 0.923. The number of likely N-dealkylation sites (N-methyl/N-ethyl adjacent to an activating group) is 1. The molecule has 8 heteroatoms. The number of ether oxygens (including phenoxy) is 2. The Morgan fingerprint density at radius 1 is 1.32 bits per heavy atom. The lowest BCUT2D eigenvalue weighted by molar-refractivity contribution is -0.0609. The maximum Gasteiger partial charge on any atom is 0.317 e. The topological polar surface area (TPSA) is 80.1 Å². The van der Waals surface area contributed by atoms with Crippen LogP contribution in [0.15, 0.2) is 4.52 Å². The molecule has 1 aromatic heterocycles. The van der Waals surface area contributed by atoms with Crippen LogP contribution in [0, 0.1) is 13.8 Å². The summed E-state index contributed by atoms with van der Waals surface area (Å²) in [5.41, 5.74) is 1.83. The molecule has 0 bridgehead atoms. The van der Waals surface area contributed by atoms with E-state index in [1.54, 1.807) is 0 Å². The molecule has 3 rings (SSSR count). The van der Waals surface area contributed by atoms with Crippen LogP contribution in [0.4, 0.5) is 4.79 Å². The number of aryl methyl sites for hydroxylation is 2. The number of carbonyl (C=O) groups excluding carboxylic acids is 1. The molecule has 0 unspecified atom stereocenters. The molecule has 8 nitrogen and oxygen atoms in total. The quantitative estimate of drug-likeness (QED) is 0.868. The van der Waals surface area contributed by atoms with Crippen molar-refractivity contribution in [2.75, 3.05) is 46.4 Å². The van der Waals surface area contributed by atoms with Gasteiger partial charge in [0.1, 0.15) is 5.76 Å². The molecule has 25 heavy (non-hydrogen) atoms. The van der Waals surface area contributed by atoms with E-state index in [0.29, 0.717) is 19.8 Å². The first-order valence-electron chi connectivity index (χ1n) is 8.89. The van der Waals surface area contributed by atoms with Crippen molar-refractivity contribution in [1.29, 1.82) is 0 Å². The summed E-state index contributed by atoms with van der Waals surface area (Å²) in [4.78, 5) is 16.6. The molecule has 2 atom stereocenters. The molecule has 0 saturated carbocycles. The number of carbonyl (C=O) groups is 1. The number of aromatic nitrogens is 1. The number of urea groups is 1. The predicted molar refractivity (Wildman–Crippen MR) is 91.4 cm³/mol. The summed E-state index contributed by atoms with van der Waals surface area (Å²) in [6.45, 7) is 8.66. The molecular formula is C17H28N4O4. The molecule has 2 amide bonds. The highest BCUT2D eigenvalue weighted by molar-refractivity contribution is 5.74. The minimum absolute atomic E-state index is 0.0328. The fourth-order valence-electron chi connectivity index (χ4n) is 3.21. The largest absolute Gasteiger partial charge is 0.379 e. The van der Waals surface area contributed by atoms with E-state index < -0.39 is 0 Å². The van der Waals surface area contributed by atoms with Crippen molar-refractivity contribution in [2.45, 2.75) is 39.0 Å². The maximum absolute atomic E-state index is 12.5. The van der Waals surface area contributed by atoms with E-state index >= 15 is 0 Å². The second kappa shape index (κ2) is 8.16. The minimum Gasteiger partial charge on any atom is -0.379 e. The highest BCUT2D eigenvalue weighted by atomic mass is 16.5. The molecule has 0 aromatic carbocycles. The van der Waals surface area contributed by atoms with E-state index in [9.17, 15) is 4.79 Å². The van der Waals surface area contributed by atoms with E-state index in [-0.39, 0.29) is 18.2 Å². The monoisotopic (exact) mass is 352 g/mol. The number of hydrogen-bond acceptors (Lipinski definition) is 6. The van der Waals surface area contributed by atoms with Gasteiger partial charge in [-0.3, -0.25) is 0 Å². The van der Waals surface area contributed by atoms with Crippen molar-refractivity contribution in [1.82, 2.24) is 20.3 Å². The molecule has 1 N–H and O–H groups in total. The molecule has 0 spiro atoms. The van der Waals surface area contributed by atoms with Gasteiger partial charge in [-0.2, -0.15) is 0 Å². The minimum atomic E-state index is -0.138. The van der Waals surface area contributed by atoms with E-state index in [0.717, 1.165) is 49.6 Å². The Bertz CT molecular complexity index is 564. The Kier molecular flexibility index (Phi) is 5.93. The molecule has 2 fully saturated rings. The Morgan fingerprint density at radius 3 is 2.76 bits per heavy atom. The van der Waals surface area contributed by atoms with Crippen molar-refractivity contribution >= 4 is 6.03 Å². The van der Waals surface area contributed by atoms with Crippen LogP contribution in [0.5, 0.6) is 0 Å². The second-order valence-electron chi connectivity index (χ2n) is 6.86. The van der Waals surface area contributed by atoms with Gasteiger partial charge in [0.25, 0.3) is 0 Å². The Balaban J connectivity index is 1.54. The van der Waals surface area contributed by atoms with Crippen molar-refractivity contribution in [2.24, 2.45) is 0 Å². The molecule has 0 aliphatic carbocycles. The first kappa shape index (κ1) is 18.2. The van der Waals surface area contributed by atoms with Gasteiger partial charge in [-0.05, 0) is 27.3 Å². The zero-order valence-electron chi connectivity index (χ0n) is 15.3. The lowest BCUT2D eigenvalue weighted by Gasteiger charge is -2.36. The number of amides is 2. The Morgan fingerprint density at radius 2 is 2.08 bits per heavy atom. The van der Waals surface area contributed by atoms with Gasteiger partial charge in [0.2, 0.25) is 0 Å². The molecule has 2 aliphatic rings. The first-order chi connectivity index (χ1) is 12.0. The number of nitrogens with one attached hydrogen (secondary N) is 1. The third-order valence-corrected chi connectivity index (χ3v) is 5.02. The number of rotatable bonds is 4. The van der Waals surface area contributed by atoms with Gasteiger partial charge in [0, 0.05) is 38.3 Å². The zero-order chi connectivity index (χ0) is 17.8. The first-order valence-corrected chi connectivity index (χ1v) is 8.89. The SMILES string of the molecule is Cc1noc(C)c1CO[C@H]1CCOC[C@H]1NC(=O)N1CCN(C)CC1. The number of hydrogen-bond donors (Lipinski definition) is 1. The van der Waals surface area contributed by atoms with Gasteiger partial charge in [-0.25, -0.2) is 4.79 Å².